The Morgan fingerprint density at radius 3 is 2.44 bits per heavy atom. The highest BCUT2D eigenvalue weighted by molar-refractivity contribution is 5.88. The summed E-state index contributed by atoms with van der Waals surface area (Å²) in [7, 11) is 1.56. The molecule has 0 saturated heterocycles. The van der Waals surface area contributed by atoms with Crippen molar-refractivity contribution >= 4 is 11.9 Å². The fraction of sp³-hybridized carbons (Fsp3) is 0.818. The summed E-state index contributed by atoms with van der Waals surface area (Å²) in [6.45, 7) is 2.11. The number of carbonyl (C=O) groups excluding carboxylic acids is 1. The Hall–Kier alpha value is -1.10. The molecule has 0 aromatic carbocycles. The van der Waals surface area contributed by atoms with Gasteiger partial charge in [-0.25, -0.2) is 4.79 Å². The smallest absolute Gasteiger partial charge is 0.326 e. The van der Waals surface area contributed by atoms with Gasteiger partial charge in [-0.1, -0.05) is 13.3 Å². The highest BCUT2D eigenvalue weighted by Gasteiger charge is 2.45. The SMILES string of the molecule is CCC(NC(=O)C1(COC)CCC1)C(=O)O. The summed E-state index contributed by atoms with van der Waals surface area (Å²) in [6.07, 6.45) is 2.95. The third kappa shape index (κ3) is 2.52. The maximum atomic E-state index is 12.0. The van der Waals surface area contributed by atoms with Crippen LogP contribution >= 0.6 is 0 Å². The van der Waals surface area contributed by atoms with Crippen molar-refractivity contribution in [2.24, 2.45) is 5.41 Å². The predicted octanol–water partition coefficient (Wildman–Crippen LogP) is 0.782. The number of carboxylic acids is 1. The van der Waals surface area contributed by atoms with Gasteiger partial charge in [0.05, 0.1) is 12.0 Å². The fourth-order valence-electron chi connectivity index (χ4n) is 1.97. The van der Waals surface area contributed by atoms with E-state index in [1.807, 2.05) is 0 Å². The van der Waals surface area contributed by atoms with E-state index in [2.05, 4.69) is 5.32 Å². The minimum absolute atomic E-state index is 0.185. The van der Waals surface area contributed by atoms with Gasteiger partial charge in [-0.3, -0.25) is 4.79 Å². The molecule has 1 rings (SSSR count). The van der Waals surface area contributed by atoms with Crippen LogP contribution in [0.1, 0.15) is 32.6 Å². The van der Waals surface area contributed by atoms with Crippen molar-refractivity contribution in [3.63, 3.8) is 0 Å². The first-order valence-corrected chi connectivity index (χ1v) is 5.58. The normalized spacial score (nSPS) is 19.6. The van der Waals surface area contributed by atoms with Crippen LogP contribution < -0.4 is 5.32 Å². The topological polar surface area (TPSA) is 75.6 Å². The summed E-state index contributed by atoms with van der Waals surface area (Å²) in [4.78, 5) is 22.8. The number of nitrogens with one attached hydrogen (secondary N) is 1. The second-order valence-electron chi connectivity index (χ2n) is 4.34. The first-order chi connectivity index (χ1) is 7.55. The van der Waals surface area contributed by atoms with E-state index in [1.165, 1.54) is 0 Å². The van der Waals surface area contributed by atoms with E-state index in [0.29, 0.717) is 13.0 Å². The molecule has 1 amide bonds. The molecule has 1 aliphatic rings. The minimum atomic E-state index is -0.984. The van der Waals surface area contributed by atoms with E-state index in [0.717, 1.165) is 19.3 Å². The van der Waals surface area contributed by atoms with Crippen LogP contribution in [0.3, 0.4) is 0 Å². The molecule has 0 aliphatic heterocycles. The Morgan fingerprint density at radius 2 is 2.12 bits per heavy atom. The molecule has 0 aromatic heterocycles. The molecule has 0 radical (unpaired) electrons. The average molecular weight is 229 g/mol. The molecular formula is C11H19NO4. The molecule has 5 nitrogen and oxygen atoms in total. The van der Waals surface area contributed by atoms with Crippen LogP contribution in [0.25, 0.3) is 0 Å². The van der Waals surface area contributed by atoms with E-state index < -0.39 is 17.4 Å². The van der Waals surface area contributed by atoms with Gasteiger partial charge in [0.2, 0.25) is 5.91 Å². The minimum Gasteiger partial charge on any atom is -0.480 e. The molecule has 1 saturated carbocycles. The van der Waals surface area contributed by atoms with Crippen LogP contribution in [0.4, 0.5) is 0 Å². The molecule has 2 N–H and O–H groups in total. The summed E-state index contributed by atoms with van der Waals surface area (Å²) >= 11 is 0. The summed E-state index contributed by atoms with van der Waals surface area (Å²) < 4.78 is 5.04. The number of carbonyl (C=O) groups is 2. The predicted molar refractivity (Wildman–Crippen MR) is 58.0 cm³/mol. The van der Waals surface area contributed by atoms with Crippen molar-refractivity contribution in [1.82, 2.24) is 5.32 Å². The number of ether oxygens (including phenoxy) is 1. The first-order valence-electron chi connectivity index (χ1n) is 5.58. The van der Waals surface area contributed by atoms with Crippen molar-refractivity contribution in [2.45, 2.75) is 38.6 Å². The van der Waals surface area contributed by atoms with Gasteiger partial charge in [0.25, 0.3) is 0 Å². The lowest BCUT2D eigenvalue weighted by Gasteiger charge is -2.40. The summed E-state index contributed by atoms with van der Waals surface area (Å²) in [5.41, 5.74) is -0.488. The Bertz CT molecular complexity index is 273. The van der Waals surface area contributed by atoms with E-state index in [1.54, 1.807) is 14.0 Å². The van der Waals surface area contributed by atoms with Crippen molar-refractivity contribution in [3.8, 4) is 0 Å². The maximum absolute atomic E-state index is 12.0. The largest absolute Gasteiger partial charge is 0.480 e. The lowest BCUT2D eigenvalue weighted by atomic mass is 9.68. The van der Waals surface area contributed by atoms with Crippen LogP contribution in [0.15, 0.2) is 0 Å². The third-order valence-electron chi connectivity index (χ3n) is 3.22. The summed E-state index contributed by atoms with van der Waals surface area (Å²) in [6, 6.07) is -0.790. The zero-order chi connectivity index (χ0) is 12.2. The molecule has 92 valence electrons. The monoisotopic (exact) mass is 229 g/mol. The number of hydrogen-bond acceptors (Lipinski definition) is 3. The summed E-state index contributed by atoms with van der Waals surface area (Å²) in [5.74, 6) is -1.17. The number of amides is 1. The summed E-state index contributed by atoms with van der Waals surface area (Å²) in [5, 5.41) is 11.4. The van der Waals surface area contributed by atoms with Gasteiger partial charge in [0.1, 0.15) is 6.04 Å². The number of hydrogen-bond donors (Lipinski definition) is 2. The molecule has 0 bridgehead atoms. The second-order valence-corrected chi connectivity index (χ2v) is 4.34. The zero-order valence-corrected chi connectivity index (χ0v) is 9.78. The first kappa shape index (κ1) is 13.0. The number of aliphatic carboxylic acids is 1. The second kappa shape index (κ2) is 5.30. The van der Waals surface area contributed by atoms with Crippen molar-refractivity contribution < 1.29 is 19.4 Å². The van der Waals surface area contributed by atoms with Crippen LogP contribution in [-0.2, 0) is 14.3 Å². The van der Waals surface area contributed by atoms with Crippen LogP contribution in [0, 0.1) is 5.41 Å². The van der Waals surface area contributed by atoms with E-state index >= 15 is 0 Å². The molecule has 1 fully saturated rings. The third-order valence-corrected chi connectivity index (χ3v) is 3.22. The van der Waals surface area contributed by atoms with Gasteiger partial charge in [-0.05, 0) is 19.3 Å². The Morgan fingerprint density at radius 1 is 1.50 bits per heavy atom. The van der Waals surface area contributed by atoms with E-state index in [9.17, 15) is 9.59 Å². The molecule has 1 unspecified atom stereocenters. The quantitative estimate of drug-likeness (QED) is 0.705. The molecule has 0 spiro atoms. The van der Waals surface area contributed by atoms with E-state index in [-0.39, 0.29) is 5.91 Å². The zero-order valence-electron chi connectivity index (χ0n) is 9.78. The maximum Gasteiger partial charge on any atom is 0.326 e. The lowest BCUT2D eigenvalue weighted by Crippen LogP contribution is -2.53. The van der Waals surface area contributed by atoms with Crippen LogP contribution in [0.2, 0.25) is 0 Å². The molecule has 1 atom stereocenters. The highest BCUT2D eigenvalue weighted by atomic mass is 16.5. The molecule has 0 heterocycles. The van der Waals surface area contributed by atoms with Crippen molar-refractivity contribution in [3.05, 3.63) is 0 Å². The van der Waals surface area contributed by atoms with Crippen LogP contribution in [-0.4, -0.2) is 36.7 Å². The van der Waals surface area contributed by atoms with Gasteiger partial charge < -0.3 is 15.2 Å². The van der Waals surface area contributed by atoms with Gasteiger partial charge >= 0.3 is 5.97 Å². The Labute approximate surface area is 95.2 Å². The number of carboxylic acid groups (broad SMARTS) is 1. The van der Waals surface area contributed by atoms with Gasteiger partial charge in [-0.2, -0.15) is 0 Å². The average Bonchev–Trinajstić information content (AvgIpc) is 2.18. The highest BCUT2D eigenvalue weighted by Crippen LogP contribution is 2.41. The van der Waals surface area contributed by atoms with E-state index in [4.69, 9.17) is 9.84 Å². The molecule has 5 heteroatoms. The molecule has 1 aliphatic carbocycles. The fourth-order valence-corrected chi connectivity index (χ4v) is 1.97. The van der Waals surface area contributed by atoms with Crippen molar-refractivity contribution in [1.29, 1.82) is 0 Å². The lowest BCUT2D eigenvalue weighted by molar-refractivity contribution is -0.148. The number of rotatable bonds is 6. The molecule has 0 aromatic rings. The molecule has 16 heavy (non-hydrogen) atoms. The Balaban J connectivity index is 2.59. The van der Waals surface area contributed by atoms with Gasteiger partial charge in [0, 0.05) is 7.11 Å². The standard InChI is InChI=1S/C11H19NO4/c1-3-8(9(13)14)12-10(15)11(7-16-2)5-4-6-11/h8H,3-7H2,1-2H3,(H,12,15)(H,13,14). The van der Waals surface area contributed by atoms with Crippen LogP contribution in [0.5, 0.6) is 0 Å². The Kier molecular flexibility index (Phi) is 4.29. The van der Waals surface area contributed by atoms with Gasteiger partial charge in [0.15, 0.2) is 0 Å². The molecular weight excluding hydrogens is 210 g/mol. The number of methoxy groups -OCH3 is 1. The van der Waals surface area contributed by atoms with Crippen molar-refractivity contribution in [2.75, 3.05) is 13.7 Å². The van der Waals surface area contributed by atoms with Gasteiger partial charge in [-0.15, -0.1) is 0 Å².